The van der Waals surface area contributed by atoms with Crippen LogP contribution in [0.2, 0.25) is 0 Å². The molecule has 3 nitrogen and oxygen atoms in total. The van der Waals surface area contributed by atoms with Gasteiger partial charge in [0.15, 0.2) is 5.76 Å². The Kier molecular flexibility index (Phi) is 4.84. The summed E-state index contributed by atoms with van der Waals surface area (Å²) in [4.78, 5) is 10.9. The smallest absolute Gasteiger partial charge is 0.372 e. The zero-order chi connectivity index (χ0) is 9.56. The van der Waals surface area contributed by atoms with Gasteiger partial charge in [0.2, 0.25) is 0 Å². The van der Waals surface area contributed by atoms with E-state index in [0.29, 0.717) is 6.61 Å². The van der Waals surface area contributed by atoms with Crippen molar-refractivity contribution >= 4 is 5.97 Å². The van der Waals surface area contributed by atoms with Crippen LogP contribution < -0.4 is 0 Å². The van der Waals surface area contributed by atoms with Crippen LogP contribution in [0.3, 0.4) is 0 Å². The lowest BCUT2D eigenvalue weighted by Crippen LogP contribution is -2.13. The number of carbonyl (C=O) groups is 1. The minimum absolute atomic E-state index is 0.0178. The second-order valence-corrected chi connectivity index (χ2v) is 2.20. The van der Waals surface area contributed by atoms with Gasteiger partial charge in [-0.1, -0.05) is 12.7 Å². The van der Waals surface area contributed by atoms with Crippen molar-refractivity contribution in [1.82, 2.24) is 0 Å². The zero-order valence-electron chi connectivity index (χ0n) is 7.50. The van der Waals surface area contributed by atoms with Crippen LogP contribution in [-0.4, -0.2) is 18.7 Å². The maximum Gasteiger partial charge on any atom is 0.372 e. The largest absolute Gasteiger partial charge is 0.480 e. The van der Waals surface area contributed by atoms with E-state index in [1.807, 2.05) is 0 Å². The molecule has 0 aromatic rings. The fourth-order valence-electron chi connectivity index (χ4n) is 0.532. The van der Waals surface area contributed by atoms with Crippen LogP contribution in [0, 0.1) is 0 Å². The number of rotatable bonds is 5. The highest BCUT2D eigenvalue weighted by Gasteiger charge is 2.10. The van der Waals surface area contributed by atoms with Crippen LogP contribution in [0.1, 0.15) is 13.8 Å². The Morgan fingerprint density at radius 1 is 1.67 bits per heavy atom. The highest BCUT2D eigenvalue weighted by Crippen LogP contribution is 2.02. The van der Waals surface area contributed by atoms with Crippen molar-refractivity contribution in [3.63, 3.8) is 0 Å². The molecule has 0 saturated carbocycles. The topological polar surface area (TPSA) is 35.5 Å². The summed E-state index contributed by atoms with van der Waals surface area (Å²) in [7, 11) is 0. The standard InChI is InChI=1S/C9H14O3/c1-5-7(3)12-8(4)9(10)11-6-2/h5,7H,1,4,6H2,2-3H3. The molecular formula is C9H14O3. The van der Waals surface area contributed by atoms with Gasteiger partial charge in [0.25, 0.3) is 0 Å². The first-order valence-corrected chi connectivity index (χ1v) is 3.77. The third-order valence-corrected chi connectivity index (χ3v) is 1.16. The molecule has 0 bridgehead atoms. The SMILES string of the molecule is C=CC(C)OC(=C)C(=O)OCC. The van der Waals surface area contributed by atoms with E-state index in [1.165, 1.54) is 0 Å². The van der Waals surface area contributed by atoms with Crippen LogP contribution >= 0.6 is 0 Å². The predicted octanol–water partition coefficient (Wildman–Crippen LogP) is 1.65. The Morgan fingerprint density at radius 3 is 2.67 bits per heavy atom. The van der Waals surface area contributed by atoms with Crippen LogP contribution in [-0.2, 0) is 14.3 Å². The second-order valence-electron chi connectivity index (χ2n) is 2.20. The van der Waals surface area contributed by atoms with Gasteiger partial charge >= 0.3 is 5.97 Å². The quantitative estimate of drug-likeness (QED) is 0.272. The summed E-state index contributed by atoms with van der Waals surface area (Å²) in [6, 6.07) is 0. The number of ether oxygens (including phenoxy) is 2. The lowest BCUT2D eigenvalue weighted by atomic mass is 10.4. The van der Waals surface area contributed by atoms with Crippen LogP contribution in [0.25, 0.3) is 0 Å². The Bertz CT molecular complexity index is 184. The fraction of sp³-hybridized carbons (Fsp3) is 0.444. The van der Waals surface area contributed by atoms with Crippen molar-refractivity contribution in [2.24, 2.45) is 0 Å². The zero-order valence-corrected chi connectivity index (χ0v) is 7.50. The molecule has 0 radical (unpaired) electrons. The fourth-order valence-corrected chi connectivity index (χ4v) is 0.532. The summed E-state index contributed by atoms with van der Waals surface area (Å²) in [5.74, 6) is -0.504. The van der Waals surface area contributed by atoms with Gasteiger partial charge in [-0.05, 0) is 20.4 Å². The molecule has 1 unspecified atom stereocenters. The molecule has 0 N–H and O–H groups in total. The monoisotopic (exact) mass is 170 g/mol. The normalized spacial score (nSPS) is 11.5. The van der Waals surface area contributed by atoms with E-state index >= 15 is 0 Å². The Morgan fingerprint density at radius 2 is 2.25 bits per heavy atom. The molecule has 0 aliphatic rings. The third kappa shape index (κ3) is 3.81. The van der Waals surface area contributed by atoms with Gasteiger partial charge in [-0.25, -0.2) is 4.79 Å². The summed E-state index contributed by atoms with van der Waals surface area (Å²) < 4.78 is 9.68. The second kappa shape index (κ2) is 5.41. The van der Waals surface area contributed by atoms with Gasteiger partial charge in [-0.2, -0.15) is 0 Å². The highest BCUT2D eigenvalue weighted by atomic mass is 16.6. The van der Waals surface area contributed by atoms with E-state index in [9.17, 15) is 4.79 Å². The molecule has 0 saturated heterocycles. The maximum atomic E-state index is 10.9. The molecule has 0 aromatic heterocycles. The molecule has 68 valence electrons. The molecular weight excluding hydrogens is 156 g/mol. The Labute approximate surface area is 72.7 Å². The Balaban J connectivity index is 3.86. The number of hydrogen-bond acceptors (Lipinski definition) is 3. The van der Waals surface area contributed by atoms with E-state index in [4.69, 9.17) is 4.74 Å². The van der Waals surface area contributed by atoms with Gasteiger partial charge in [0, 0.05) is 0 Å². The predicted molar refractivity (Wildman–Crippen MR) is 46.5 cm³/mol. The average Bonchev–Trinajstić information content (AvgIpc) is 2.04. The lowest BCUT2D eigenvalue weighted by molar-refractivity contribution is -0.143. The van der Waals surface area contributed by atoms with Gasteiger partial charge in [0.05, 0.1) is 6.61 Å². The van der Waals surface area contributed by atoms with Crippen LogP contribution in [0.5, 0.6) is 0 Å². The van der Waals surface area contributed by atoms with E-state index in [2.05, 4.69) is 17.9 Å². The molecule has 0 amide bonds. The number of carbonyl (C=O) groups excluding carboxylic acids is 1. The average molecular weight is 170 g/mol. The van der Waals surface area contributed by atoms with Gasteiger partial charge in [-0.3, -0.25) is 0 Å². The van der Waals surface area contributed by atoms with Crippen molar-refractivity contribution in [3.8, 4) is 0 Å². The Hall–Kier alpha value is -1.25. The molecule has 0 heterocycles. The first kappa shape index (κ1) is 10.8. The highest BCUT2D eigenvalue weighted by molar-refractivity contribution is 5.85. The first-order chi connectivity index (χ1) is 5.61. The molecule has 0 fully saturated rings. The maximum absolute atomic E-state index is 10.9. The van der Waals surface area contributed by atoms with Gasteiger partial charge in [0.1, 0.15) is 6.10 Å². The van der Waals surface area contributed by atoms with Crippen molar-refractivity contribution in [1.29, 1.82) is 0 Å². The molecule has 0 aliphatic heterocycles. The lowest BCUT2D eigenvalue weighted by Gasteiger charge is -2.11. The molecule has 0 aliphatic carbocycles. The van der Waals surface area contributed by atoms with Crippen molar-refractivity contribution < 1.29 is 14.3 Å². The summed E-state index contributed by atoms with van der Waals surface area (Å²) in [5.41, 5.74) is 0. The number of esters is 1. The van der Waals surface area contributed by atoms with E-state index < -0.39 is 5.97 Å². The summed E-state index contributed by atoms with van der Waals surface area (Å²) in [6.07, 6.45) is 1.35. The molecule has 1 atom stereocenters. The van der Waals surface area contributed by atoms with Crippen molar-refractivity contribution in [2.45, 2.75) is 20.0 Å². The van der Waals surface area contributed by atoms with Crippen LogP contribution in [0.4, 0.5) is 0 Å². The van der Waals surface area contributed by atoms with Gasteiger partial charge < -0.3 is 9.47 Å². The molecule has 12 heavy (non-hydrogen) atoms. The summed E-state index contributed by atoms with van der Waals surface area (Å²) in [6.45, 7) is 10.7. The molecule has 3 heteroatoms. The number of hydrogen-bond donors (Lipinski definition) is 0. The third-order valence-electron chi connectivity index (χ3n) is 1.16. The first-order valence-electron chi connectivity index (χ1n) is 3.77. The van der Waals surface area contributed by atoms with E-state index in [0.717, 1.165) is 0 Å². The summed E-state index contributed by atoms with van der Waals surface area (Å²) in [5, 5.41) is 0. The van der Waals surface area contributed by atoms with E-state index in [-0.39, 0.29) is 11.9 Å². The van der Waals surface area contributed by atoms with Crippen molar-refractivity contribution in [2.75, 3.05) is 6.61 Å². The minimum Gasteiger partial charge on any atom is -0.480 e. The molecule has 0 aromatic carbocycles. The minimum atomic E-state index is -0.522. The summed E-state index contributed by atoms with van der Waals surface area (Å²) >= 11 is 0. The van der Waals surface area contributed by atoms with E-state index in [1.54, 1.807) is 19.9 Å². The molecule has 0 rings (SSSR count). The van der Waals surface area contributed by atoms with Crippen LogP contribution in [0.15, 0.2) is 25.0 Å². The van der Waals surface area contributed by atoms with Gasteiger partial charge in [-0.15, -0.1) is 0 Å². The molecule has 0 spiro atoms. The van der Waals surface area contributed by atoms with Crippen molar-refractivity contribution in [3.05, 3.63) is 25.0 Å².